The molecule has 0 radical (unpaired) electrons. The molecule has 0 saturated carbocycles. The van der Waals surface area contributed by atoms with Crippen molar-refractivity contribution >= 4 is 0 Å². The van der Waals surface area contributed by atoms with Crippen molar-refractivity contribution in [2.75, 3.05) is 46.3 Å². The molecule has 0 spiro atoms. The van der Waals surface area contributed by atoms with Crippen LogP contribution >= 0.6 is 0 Å². The van der Waals surface area contributed by atoms with Crippen LogP contribution in [0.25, 0.3) is 0 Å². The summed E-state index contributed by atoms with van der Waals surface area (Å²) in [7, 11) is 2.24. The lowest BCUT2D eigenvalue weighted by molar-refractivity contribution is 0.202. The predicted octanol–water partition coefficient (Wildman–Crippen LogP) is 1.65. The summed E-state index contributed by atoms with van der Waals surface area (Å²) in [5, 5.41) is 3.56. The van der Waals surface area contributed by atoms with E-state index in [-0.39, 0.29) is 0 Å². The standard InChI is InChI=1S/C14H31N3/c1-13(2)6-7-15-8-11-17-10-5-9-16(4)12-14(17)3/h13-15H,5-12H2,1-4H3. The van der Waals surface area contributed by atoms with Gasteiger partial charge in [0.1, 0.15) is 0 Å². The third-order valence-corrected chi connectivity index (χ3v) is 3.66. The van der Waals surface area contributed by atoms with Gasteiger partial charge in [0, 0.05) is 25.7 Å². The summed E-state index contributed by atoms with van der Waals surface area (Å²) < 4.78 is 0. The van der Waals surface area contributed by atoms with E-state index in [4.69, 9.17) is 0 Å². The maximum absolute atomic E-state index is 3.56. The lowest BCUT2D eigenvalue weighted by Gasteiger charge is -2.27. The molecule has 3 heteroatoms. The van der Waals surface area contributed by atoms with E-state index in [9.17, 15) is 0 Å². The van der Waals surface area contributed by atoms with Crippen molar-refractivity contribution < 1.29 is 0 Å². The Morgan fingerprint density at radius 3 is 2.71 bits per heavy atom. The van der Waals surface area contributed by atoms with E-state index < -0.39 is 0 Å². The van der Waals surface area contributed by atoms with Crippen LogP contribution in [0, 0.1) is 5.92 Å². The average Bonchev–Trinajstić information content (AvgIpc) is 2.39. The van der Waals surface area contributed by atoms with Gasteiger partial charge in [0.15, 0.2) is 0 Å². The van der Waals surface area contributed by atoms with Crippen molar-refractivity contribution in [2.24, 2.45) is 5.92 Å². The number of hydrogen-bond donors (Lipinski definition) is 1. The highest BCUT2D eigenvalue weighted by atomic mass is 15.2. The maximum Gasteiger partial charge on any atom is 0.0195 e. The molecule has 0 aromatic rings. The zero-order chi connectivity index (χ0) is 12.7. The van der Waals surface area contributed by atoms with E-state index in [1.165, 1.54) is 45.6 Å². The van der Waals surface area contributed by atoms with Gasteiger partial charge in [-0.2, -0.15) is 0 Å². The van der Waals surface area contributed by atoms with Gasteiger partial charge in [-0.05, 0) is 52.4 Å². The molecule has 0 aromatic carbocycles. The summed E-state index contributed by atoms with van der Waals surface area (Å²) in [4.78, 5) is 5.09. The van der Waals surface area contributed by atoms with Crippen molar-refractivity contribution in [3.05, 3.63) is 0 Å². The van der Waals surface area contributed by atoms with E-state index in [0.717, 1.165) is 12.5 Å². The minimum absolute atomic E-state index is 0.703. The number of nitrogens with zero attached hydrogens (tertiary/aromatic N) is 2. The average molecular weight is 241 g/mol. The molecule has 1 saturated heterocycles. The quantitative estimate of drug-likeness (QED) is 0.713. The molecule has 1 heterocycles. The van der Waals surface area contributed by atoms with Gasteiger partial charge in [0.05, 0.1) is 0 Å². The molecule has 17 heavy (non-hydrogen) atoms. The number of nitrogens with one attached hydrogen (secondary N) is 1. The predicted molar refractivity (Wildman–Crippen MR) is 75.5 cm³/mol. The van der Waals surface area contributed by atoms with Crippen molar-refractivity contribution in [1.82, 2.24) is 15.1 Å². The van der Waals surface area contributed by atoms with Gasteiger partial charge in [0.25, 0.3) is 0 Å². The monoisotopic (exact) mass is 241 g/mol. The lowest BCUT2D eigenvalue weighted by atomic mass is 10.1. The summed E-state index contributed by atoms with van der Waals surface area (Å²) >= 11 is 0. The van der Waals surface area contributed by atoms with Crippen LogP contribution < -0.4 is 5.32 Å². The highest BCUT2D eigenvalue weighted by Gasteiger charge is 2.18. The Hall–Kier alpha value is -0.120. The van der Waals surface area contributed by atoms with Crippen LogP contribution in [0.15, 0.2) is 0 Å². The van der Waals surface area contributed by atoms with Crippen LogP contribution in [0.2, 0.25) is 0 Å². The summed E-state index contributed by atoms with van der Waals surface area (Å²) in [5.41, 5.74) is 0. The highest BCUT2D eigenvalue weighted by Crippen LogP contribution is 2.07. The zero-order valence-electron chi connectivity index (χ0n) is 12.2. The molecule has 1 unspecified atom stereocenters. The van der Waals surface area contributed by atoms with Crippen LogP contribution in [0.5, 0.6) is 0 Å². The van der Waals surface area contributed by atoms with Crippen molar-refractivity contribution in [3.8, 4) is 0 Å². The Labute approximate surface area is 108 Å². The SMILES string of the molecule is CC(C)CCNCCN1CCCN(C)CC1C. The molecule has 1 aliphatic rings. The molecular formula is C14H31N3. The second kappa shape index (κ2) is 8.06. The van der Waals surface area contributed by atoms with Crippen LogP contribution in [0.3, 0.4) is 0 Å². The largest absolute Gasteiger partial charge is 0.315 e. The third kappa shape index (κ3) is 6.39. The highest BCUT2D eigenvalue weighted by molar-refractivity contribution is 4.75. The van der Waals surface area contributed by atoms with E-state index in [2.05, 4.69) is 42.9 Å². The number of likely N-dealkylation sites (N-methyl/N-ethyl adjacent to an activating group) is 1. The van der Waals surface area contributed by atoms with Crippen LogP contribution in [0.4, 0.5) is 0 Å². The molecule has 1 fully saturated rings. The first kappa shape index (κ1) is 14.9. The van der Waals surface area contributed by atoms with Gasteiger partial charge >= 0.3 is 0 Å². The van der Waals surface area contributed by atoms with Crippen molar-refractivity contribution in [1.29, 1.82) is 0 Å². The van der Waals surface area contributed by atoms with Gasteiger partial charge in [-0.25, -0.2) is 0 Å². The van der Waals surface area contributed by atoms with Crippen LogP contribution in [-0.4, -0.2) is 62.2 Å². The fourth-order valence-electron chi connectivity index (χ4n) is 2.49. The fourth-order valence-corrected chi connectivity index (χ4v) is 2.49. The molecule has 0 aliphatic carbocycles. The molecule has 1 rings (SSSR count). The molecule has 1 aliphatic heterocycles. The second-order valence-electron chi connectivity index (χ2n) is 5.93. The minimum Gasteiger partial charge on any atom is -0.315 e. The molecule has 102 valence electrons. The Balaban J connectivity index is 2.12. The smallest absolute Gasteiger partial charge is 0.0195 e. The zero-order valence-corrected chi connectivity index (χ0v) is 12.2. The number of hydrogen-bond acceptors (Lipinski definition) is 3. The van der Waals surface area contributed by atoms with Crippen LogP contribution in [0.1, 0.15) is 33.6 Å². The lowest BCUT2D eigenvalue weighted by Crippen LogP contribution is -2.41. The second-order valence-corrected chi connectivity index (χ2v) is 5.93. The molecule has 0 amide bonds. The Morgan fingerprint density at radius 1 is 1.24 bits per heavy atom. The van der Waals surface area contributed by atoms with Gasteiger partial charge in [-0.15, -0.1) is 0 Å². The Kier molecular flexibility index (Phi) is 7.09. The molecular weight excluding hydrogens is 210 g/mol. The van der Waals surface area contributed by atoms with Gasteiger partial charge in [-0.3, -0.25) is 4.90 Å². The summed E-state index contributed by atoms with van der Waals surface area (Å²) in [5.74, 6) is 0.813. The minimum atomic E-state index is 0.703. The van der Waals surface area contributed by atoms with Crippen LogP contribution in [-0.2, 0) is 0 Å². The fraction of sp³-hybridized carbons (Fsp3) is 1.00. The molecule has 3 nitrogen and oxygen atoms in total. The van der Waals surface area contributed by atoms with E-state index in [0.29, 0.717) is 6.04 Å². The normalized spacial score (nSPS) is 24.2. The van der Waals surface area contributed by atoms with Gasteiger partial charge in [0.2, 0.25) is 0 Å². The van der Waals surface area contributed by atoms with E-state index >= 15 is 0 Å². The van der Waals surface area contributed by atoms with Gasteiger partial charge < -0.3 is 10.2 Å². The van der Waals surface area contributed by atoms with Gasteiger partial charge in [-0.1, -0.05) is 13.8 Å². The molecule has 0 bridgehead atoms. The first-order chi connectivity index (χ1) is 8.09. The van der Waals surface area contributed by atoms with Crippen molar-refractivity contribution in [3.63, 3.8) is 0 Å². The summed E-state index contributed by atoms with van der Waals surface area (Å²) in [6, 6.07) is 0.703. The summed E-state index contributed by atoms with van der Waals surface area (Å²) in [6.07, 6.45) is 2.60. The summed E-state index contributed by atoms with van der Waals surface area (Å²) in [6.45, 7) is 14.2. The molecule has 0 aromatic heterocycles. The molecule has 1 N–H and O–H groups in total. The van der Waals surface area contributed by atoms with E-state index in [1.54, 1.807) is 0 Å². The topological polar surface area (TPSA) is 18.5 Å². The number of rotatable bonds is 6. The third-order valence-electron chi connectivity index (χ3n) is 3.66. The molecule has 1 atom stereocenters. The first-order valence-electron chi connectivity index (χ1n) is 7.23. The van der Waals surface area contributed by atoms with Crippen molar-refractivity contribution in [2.45, 2.75) is 39.7 Å². The Morgan fingerprint density at radius 2 is 2.00 bits per heavy atom. The Bertz CT molecular complexity index is 194. The maximum atomic E-state index is 3.56. The van der Waals surface area contributed by atoms with E-state index in [1.807, 2.05) is 0 Å². The first-order valence-corrected chi connectivity index (χ1v) is 7.23.